The summed E-state index contributed by atoms with van der Waals surface area (Å²) in [5, 5.41) is 9.37. The lowest BCUT2D eigenvalue weighted by atomic mass is 10.3. The summed E-state index contributed by atoms with van der Waals surface area (Å²) < 4.78 is 4.92. The third-order valence-electron chi connectivity index (χ3n) is 1.97. The fraction of sp³-hybridized carbons (Fsp3) is 0.100. The third-order valence-corrected chi connectivity index (χ3v) is 3.45. The lowest BCUT2D eigenvalue weighted by Crippen LogP contribution is -1.91. The number of pyridine rings is 1. The Labute approximate surface area is 106 Å². The molecule has 2 heterocycles. The van der Waals surface area contributed by atoms with Crippen molar-refractivity contribution >= 4 is 28.9 Å². The molecule has 0 spiro atoms. The number of nitrogens with zero attached hydrogens (tertiary/aromatic N) is 2. The maximum Gasteiger partial charge on any atom is 0.349 e. The molecule has 7 heteroatoms. The van der Waals surface area contributed by atoms with E-state index in [0.29, 0.717) is 16.5 Å². The van der Waals surface area contributed by atoms with Crippen molar-refractivity contribution in [1.82, 2.24) is 9.97 Å². The zero-order chi connectivity index (χ0) is 12.4. The van der Waals surface area contributed by atoms with Gasteiger partial charge in [0.1, 0.15) is 5.01 Å². The second-order valence-corrected chi connectivity index (χ2v) is 4.39. The highest BCUT2D eigenvalue weighted by Crippen LogP contribution is 2.30. The fourth-order valence-electron chi connectivity index (χ4n) is 1.18. The van der Waals surface area contributed by atoms with Crippen molar-refractivity contribution < 1.29 is 14.6 Å². The van der Waals surface area contributed by atoms with Crippen molar-refractivity contribution in [2.45, 2.75) is 0 Å². The fourth-order valence-corrected chi connectivity index (χ4v) is 2.30. The first-order valence-corrected chi connectivity index (χ1v) is 5.71. The molecule has 0 aromatic carbocycles. The van der Waals surface area contributed by atoms with E-state index in [0.717, 1.165) is 11.3 Å². The van der Waals surface area contributed by atoms with Gasteiger partial charge < -0.3 is 9.84 Å². The van der Waals surface area contributed by atoms with Crippen LogP contribution < -0.4 is 4.74 Å². The third kappa shape index (κ3) is 2.37. The predicted molar refractivity (Wildman–Crippen MR) is 63.9 cm³/mol. The highest BCUT2D eigenvalue weighted by atomic mass is 35.5. The van der Waals surface area contributed by atoms with Crippen molar-refractivity contribution in [3.63, 3.8) is 0 Å². The number of methoxy groups -OCH3 is 1. The van der Waals surface area contributed by atoms with Crippen LogP contribution >= 0.6 is 22.9 Å². The van der Waals surface area contributed by atoms with Crippen LogP contribution in [0.25, 0.3) is 10.6 Å². The van der Waals surface area contributed by atoms with E-state index < -0.39 is 5.97 Å². The van der Waals surface area contributed by atoms with Crippen LogP contribution in [0.5, 0.6) is 5.88 Å². The van der Waals surface area contributed by atoms with Gasteiger partial charge in [-0.3, -0.25) is 0 Å². The molecule has 2 aromatic rings. The Morgan fingerprint density at radius 2 is 2.29 bits per heavy atom. The average molecular weight is 271 g/mol. The molecular weight excluding hydrogens is 264 g/mol. The minimum atomic E-state index is -1.08. The molecule has 17 heavy (non-hydrogen) atoms. The average Bonchev–Trinajstić information content (AvgIpc) is 2.71. The SMILES string of the molecule is COc1ccc(-c2nc(Cl)c(C(=O)O)s2)cn1. The van der Waals surface area contributed by atoms with Gasteiger partial charge in [-0.25, -0.2) is 14.8 Å². The molecule has 0 saturated carbocycles. The van der Waals surface area contributed by atoms with Crippen LogP contribution in [0, 0.1) is 0 Å². The number of carboxylic acids is 1. The Bertz CT molecular complexity index is 553. The Morgan fingerprint density at radius 1 is 1.53 bits per heavy atom. The van der Waals surface area contributed by atoms with E-state index in [1.54, 1.807) is 18.3 Å². The Morgan fingerprint density at radius 3 is 2.76 bits per heavy atom. The van der Waals surface area contributed by atoms with Crippen LogP contribution in [-0.2, 0) is 0 Å². The standard InChI is InChI=1S/C10H7ClN2O3S/c1-16-6-3-2-5(4-12-6)9-13-8(11)7(17-9)10(14)15/h2-4H,1H3,(H,14,15). The number of carbonyl (C=O) groups is 1. The normalized spacial score (nSPS) is 10.2. The molecule has 0 saturated heterocycles. The van der Waals surface area contributed by atoms with Crippen molar-refractivity contribution in [1.29, 1.82) is 0 Å². The van der Waals surface area contributed by atoms with Gasteiger partial charge in [-0.1, -0.05) is 11.6 Å². The number of aromatic nitrogens is 2. The van der Waals surface area contributed by atoms with Crippen molar-refractivity contribution in [2.75, 3.05) is 7.11 Å². The zero-order valence-electron chi connectivity index (χ0n) is 8.68. The first-order chi connectivity index (χ1) is 8.11. The van der Waals surface area contributed by atoms with Gasteiger partial charge in [-0.05, 0) is 6.07 Å². The second kappa shape index (κ2) is 4.68. The van der Waals surface area contributed by atoms with Gasteiger partial charge in [0.05, 0.1) is 7.11 Å². The molecule has 0 bridgehead atoms. The van der Waals surface area contributed by atoms with Crippen molar-refractivity contribution in [3.05, 3.63) is 28.4 Å². The quantitative estimate of drug-likeness (QED) is 0.928. The van der Waals surface area contributed by atoms with Gasteiger partial charge in [0.2, 0.25) is 5.88 Å². The van der Waals surface area contributed by atoms with Gasteiger partial charge >= 0.3 is 5.97 Å². The van der Waals surface area contributed by atoms with Gasteiger partial charge in [0.15, 0.2) is 10.0 Å². The molecule has 0 amide bonds. The van der Waals surface area contributed by atoms with Crippen molar-refractivity contribution in [2.24, 2.45) is 0 Å². The minimum absolute atomic E-state index is 0.00619. The van der Waals surface area contributed by atoms with Gasteiger partial charge in [0.25, 0.3) is 0 Å². The summed E-state index contributed by atoms with van der Waals surface area (Å²) in [5.74, 6) is -0.602. The van der Waals surface area contributed by atoms with E-state index in [1.807, 2.05) is 0 Å². The molecule has 0 aliphatic heterocycles. The number of ether oxygens (including phenoxy) is 1. The molecule has 1 N–H and O–H groups in total. The summed E-state index contributed by atoms with van der Waals surface area (Å²) in [7, 11) is 1.52. The zero-order valence-corrected chi connectivity index (χ0v) is 10.2. The van der Waals surface area contributed by atoms with Crippen LogP contribution in [0.3, 0.4) is 0 Å². The van der Waals surface area contributed by atoms with Crippen molar-refractivity contribution in [3.8, 4) is 16.5 Å². The highest BCUT2D eigenvalue weighted by molar-refractivity contribution is 7.17. The number of rotatable bonds is 3. The Kier molecular flexibility index (Phi) is 3.26. The molecule has 0 aliphatic carbocycles. The summed E-state index contributed by atoms with van der Waals surface area (Å²) >= 11 is 6.73. The van der Waals surface area contributed by atoms with E-state index in [4.69, 9.17) is 21.4 Å². The molecule has 0 aliphatic rings. The number of hydrogen-bond donors (Lipinski definition) is 1. The van der Waals surface area contributed by atoms with E-state index in [-0.39, 0.29) is 10.0 Å². The summed E-state index contributed by atoms with van der Waals surface area (Å²) in [6.45, 7) is 0. The summed E-state index contributed by atoms with van der Waals surface area (Å²) in [6.07, 6.45) is 1.56. The molecule has 2 rings (SSSR count). The number of thiazole rings is 1. The maximum absolute atomic E-state index is 10.8. The maximum atomic E-state index is 10.8. The van der Waals surface area contributed by atoms with Crippen LogP contribution in [-0.4, -0.2) is 28.2 Å². The highest BCUT2D eigenvalue weighted by Gasteiger charge is 2.16. The van der Waals surface area contributed by atoms with E-state index in [9.17, 15) is 4.79 Å². The predicted octanol–water partition coefficient (Wildman–Crippen LogP) is 2.57. The van der Waals surface area contributed by atoms with Gasteiger partial charge in [-0.2, -0.15) is 0 Å². The number of halogens is 1. The van der Waals surface area contributed by atoms with E-state index >= 15 is 0 Å². The van der Waals surface area contributed by atoms with E-state index in [2.05, 4.69) is 9.97 Å². The first-order valence-electron chi connectivity index (χ1n) is 4.52. The number of hydrogen-bond acceptors (Lipinski definition) is 5. The van der Waals surface area contributed by atoms with Crippen LogP contribution in [0.4, 0.5) is 0 Å². The molecule has 0 unspecified atom stereocenters. The summed E-state index contributed by atoms with van der Waals surface area (Å²) in [6, 6.07) is 3.41. The Hall–Kier alpha value is -1.66. The summed E-state index contributed by atoms with van der Waals surface area (Å²) in [5.41, 5.74) is 0.699. The monoisotopic (exact) mass is 270 g/mol. The Balaban J connectivity index is 2.39. The number of aromatic carboxylic acids is 1. The van der Waals surface area contributed by atoms with Crippen LogP contribution in [0.15, 0.2) is 18.3 Å². The molecule has 0 fully saturated rings. The number of carboxylic acid groups (broad SMARTS) is 1. The molecular formula is C10H7ClN2O3S. The molecule has 5 nitrogen and oxygen atoms in total. The summed E-state index contributed by atoms with van der Waals surface area (Å²) in [4.78, 5) is 18.8. The van der Waals surface area contributed by atoms with Crippen LogP contribution in [0.2, 0.25) is 5.15 Å². The first kappa shape index (κ1) is 11.8. The smallest absolute Gasteiger partial charge is 0.349 e. The molecule has 0 radical (unpaired) electrons. The second-order valence-electron chi connectivity index (χ2n) is 3.03. The topological polar surface area (TPSA) is 72.3 Å². The molecule has 88 valence electrons. The van der Waals surface area contributed by atoms with Gasteiger partial charge in [-0.15, -0.1) is 11.3 Å². The lowest BCUT2D eigenvalue weighted by molar-refractivity contribution is 0.0702. The molecule has 0 atom stereocenters. The largest absolute Gasteiger partial charge is 0.481 e. The molecule has 2 aromatic heterocycles. The van der Waals surface area contributed by atoms with E-state index in [1.165, 1.54) is 7.11 Å². The van der Waals surface area contributed by atoms with Gasteiger partial charge in [0, 0.05) is 17.8 Å². The minimum Gasteiger partial charge on any atom is -0.481 e. The lowest BCUT2D eigenvalue weighted by Gasteiger charge is -1.98. The van der Waals surface area contributed by atoms with Crippen LogP contribution in [0.1, 0.15) is 9.67 Å².